The highest BCUT2D eigenvalue weighted by molar-refractivity contribution is 5.36. The topological polar surface area (TPSA) is 29.9 Å². The van der Waals surface area contributed by atoms with Crippen molar-refractivity contribution in [3.8, 4) is 0 Å². The average Bonchev–Trinajstić information content (AvgIpc) is 3.00. The molecule has 0 unspecified atom stereocenters. The largest absolute Gasteiger partial charge is 0.353 e. The van der Waals surface area contributed by atoms with E-state index in [0.29, 0.717) is 22.9 Å². The Morgan fingerprint density at radius 2 is 1.82 bits per heavy atom. The summed E-state index contributed by atoms with van der Waals surface area (Å²) in [6, 6.07) is 1.23. The quantitative estimate of drug-likeness (QED) is 0.867. The number of nitrogens with zero attached hydrogens (tertiary/aromatic N) is 2. The van der Waals surface area contributed by atoms with Crippen molar-refractivity contribution in [1.29, 1.82) is 0 Å². The zero-order chi connectivity index (χ0) is 12.4. The van der Waals surface area contributed by atoms with E-state index in [9.17, 15) is 0 Å². The van der Waals surface area contributed by atoms with Crippen molar-refractivity contribution in [3.05, 3.63) is 11.9 Å². The third kappa shape index (κ3) is 1.51. The van der Waals surface area contributed by atoms with Gasteiger partial charge in [-0.25, -0.2) is 4.98 Å². The van der Waals surface area contributed by atoms with E-state index < -0.39 is 0 Å². The van der Waals surface area contributed by atoms with Crippen LogP contribution in [-0.4, -0.2) is 15.6 Å². The number of hydrogen-bond donors (Lipinski definition) is 1. The molecule has 3 rings (SSSR count). The Balaban J connectivity index is 1.92. The van der Waals surface area contributed by atoms with E-state index in [1.165, 1.54) is 12.8 Å². The van der Waals surface area contributed by atoms with Gasteiger partial charge in [-0.3, -0.25) is 0 Å². The molecule has 1 aromatic heterocycles. The van der Waals surface area contributed by atoms with Crippen LogP contribution in [0.3, 0.4) is 0 Å². The van der Waals surface area contributed by atoms with Gasteiger partial charge in [0.15, 0.2) is 0 Å². The Morgan fingerprint density at radius 3 is 2.29 bits per heavy atom. The second kappa shape index (κ2) is 3.06. The summed E-state index contributed by atoms with van der Waals surface area (Å²) >= 11 is 0. The number of hydrogen-bond acceptors (Lipinski definition) is 2. The van der Waals surface area contributed by atoms with Crippen LogP contribution in [0.15, 0.2) is 6.20 Å². The zero-order valence-corrected chi connectivity index (χ0v) is 11.5. The molecule has 0 aromatic carbocycles. The van der Waals surface area contributed by atoms with Gasteiger partial charge in [0, 0.05) is 18.3 Å². The molecule has 94 valence electrons. The monoisotopic (exact) mass is 233 g/mol. The maximum absolute atomic E-state index is 4.64. The van der Waals surface area contributed by atoms with Gasteiger partial charge in [0.05, 0.1) is 5.69 Å². The van der Waals surface area contributed by atoms with Crippen LogP contribution in [0.1, 0.15) is 52.3 Å². The molecule has 0 bridgehead atoms. The van der Waals surface area contributed by atoms with E-state index >= 15 is 0 Å². The molecule has 1 N–H and O–H groups in total. The fourth-order valence-electron chi connectivity index (χ4n) is 3.09. The second-order valence-corrected chi connectivity index (χ2v) is 6.88. The Bertz CT molecular complexity index is 438. The average molecular weight is 233 g/mol. The number of aryl methyl sites for hydroxylation is 1. The third-order valence-electron chi connectivity index (χ3n) is 4.99. The van der Waals surface area contributed by atoms with E-state index in [0.717, 1.165) is 11.6 Å². The summed E-state index contributed by atoms with van der Waals surface area (Å²) in [5.41, 5.74) is 1.84. The highest BCUT2D eigenvalue weighted by Gasteiger charge is 2.66. The standard InChI is InChI=1S/C14H23N3/c1-9-8-17(11-13(2,3)14(11,4)5)12(15-9)16-10-6-7-10/h8,10-11H,6-7H2,1-5H3,(H,15,16). The first-order valence-corrected chi connectivity index (χ1v) is 6.66. The smallest absolute Gasteiger partial charge is 0.203 e. The van der Waals surface area contributed by atoms with E-state index in [2.05, 4.69) is 55.7 Å². The molecule has 0 atom stereocenters. The van der Waals surface area contributed by atoms with Crippen molar-refractivity contribution in [2.45, 2.75) is 59.5 Å². The SMILES string of the molecule is Cc1cn(C2C(C)(C)C2(C)C)c(NC2CC2)n1. The number of imidazole rings is 1. The summed E-state index contributed by atoms with van der Waals surface area (Å²) in [5.74, 6) is 1.08. The summed E-state index contributed by atoms with van der Waals surface area (Å²) in [4.78, 5) is 4.64. The van der Waals surface area contributed by atoms with Gasteiger partial charge in [-0.1, -0.05) is 27.7 Å². The zero-order valence-electron chi connectivity index (χ0n) is 11.5. The molecule has 0 aliphatic heterocycles. The Labute approximate surface area is 104 Å². The third-order valence-corrected chi connectivity index (χ3v) is 4.99. The highest BCUT2D eigenvalue weighted by Crippen LogP contribution is 2.71. The van der Waals surface area contributed by atoms with E-state index in [1.54, 1.807) is 0 Å². The molecule has 1 aromatic rings. The van der Waals surface area contributed by atoms with Crippen LogP contribution in [0.25, 0.3) is 0 Å². The predicted molar refractivity (Wildman–Crippen MR) is 70.2 cm³/mol. The molecule has 17 heavy (non-hydrogen) atoms. The fraction of sp³-hybridized carbons (Fsp3) is 0.786. The molecule has 0 saturated heterocycles. The molecule has 2 aliphatic rings. The molecular weight excluding hydrogens is 210 g/mol. The van der Waals surface area contributed by atoms with E-state index in [4.69, 9.17) is 0 Å². The summed E-state index contributed by atoms with van der Waals surface area (Å²) in [6.07, 6.45) is 4.79. The fourth-order valence-corrected chi connectivity index (χ4v) is 3.09. The molecule has 3 nitrogen and oxygen atoms in total. The van der Waals surface area contributed by atoms with Crippen LogP contribution >= 0.6 is 0 Å². The second-order valence-electron chi connectivity index (χ2n) is 6.88. The molecular formula is C14H23N3. The van der Waals surface area contributed by atoms with Crippen molar-refractivity contribution >= 4 is 5.95 Å². The molecule has 3 heteroatoms. The van der Waals surface area contributed by atoms with Crippen molar-refractivity contribution in [1.82, 2.24) is 9.55 Å². The summed E-state index contributed by atoms with van der Waals surface area (Å²) in [7, 11) is 0. The van der Waals surface area contributed by atoms with Gasteiger partial charge >= 0.3 is 0 Å². The number of rotatable bonds is 3. The van der Waals surface area contributed by atoms with Gasteiger partial charge in [0.2, 0.25) is 5.95 Å². The first kappa shape index (κ1) is 11.1. The van der Waals surface area contributed by atoms with Gasteiger partial charge in [-0.15, -0.1) is 0 Å². The lowest BCUT2D eigenvalue weighted by Crippen LogP contribution is -2.10. The minimum Gasteiger partial charge on any atom is -0.353 e. The number of aromatic nitrogens is 2. The maximum atomic E-state index is 4.64. The Hall–Kier alpha value is -0.990. The van der Waals surface area contributed by atoms with Crippen LogP contribution in [0.2, 0.25) is 0 Å². The predicted octanol–water partition coefficient (Wildman–Crippen LogP) is 3.37. The minimum absolute atomic E-state index is 0.361. The van der Waals surface area contributed by atoms with Crippen LogP contribution in [-0.2, 0) is 0 Å². The normalized spacial score (nSPS) is 25.9. The van der Waals surface area contributed by atoms with Crippen molar-refractivity contribution in [2.75, 3.05) is 5.32 Å². The summed E-state index contributed by atoms with van der Waals surface area (Å²) < 4.78 is 2.37. The minimum atomic E-state index is 0.361. The molecule has 0 amide bonds. The lowest BCUT2D eigenvalue weighted by Gasteiger charge is -2.10. The highest BCUT2D eigenvalue weighted by atomic mass is 15.3. The molecule has 0 spiro atoms. The number of nitrogens with one attached hydrogen (secondary N) is 1. The van der Waals surface area contributed by atoms with Gasteiger partial charge < -0.3 is 9.88 Å². The molecule has 2 saturated carbocycles. The Kier molecular flexibility index (Phi) is 2.00. The molecule has 0 radical (unpaired) electrons. The maximum Gasteiger partial charge on any atom is 0.203 e. The molecule has 1 heterocycles. The van der Waals surface area contributed by atoms with Crippen molar-refractivity contribution in [3.63, 3.8) is 0 Å². The number of anilines is 1. The van der Waals surface area contributed by atoms with Gasteiger partial charge in [-0.05, 0) is 30.6 Å². The van der Waals surface area contributed by atoms with Gasteiger partial charge in [0.25, 0.3) is 0 Å². The van der Waals surface area contributed by atoms with Crippen LogP contribution < -0.4 is 5.32 Å². The van der Waals surface area contributed by atoms with Crippen LogP contribution in [0, 0.1) is 17.8 Å². The summed E-state index contributed by atoms with van der Waals surface area (Å²) in [6.45, 7) is 11.5. The van der Waals surface area contributed by atoms with E-state index in [1.807, 2.05) is 0 Å². The molecule has 2 aliphatic carbocycles. The lowest BCUT2D eigenvalue weighted by molar-refractivity contribution is 0.457. The van der Waals surface area contributed by atoms with Gasteiger partial charge in [0.1, 0.15) is 0 Å². The van der Waals surface area contributed by atoms with Crippen LogP contribution in [0.5, 0.6) is 0 Å². The summed E-state index contributed by atoms with van der Waals surface area (Å²) in [5, 5.41) is 3.55. The molecule has 2 fully saturated rings. The van der Waals surface area contributed by atoms with Crippen molar-refractivity contribution in [2.24, 2.45) is 10.8 Å². The van der Waals surface area contributed by atoms with Gasteiger partial charge in [-0.2, -0.15) is 0 Å². The lowest BCUT2D eigenvalue weighted by atomic mass is 10.0. The first-order chi connectivity index (χ1) is 7.84. The Morgan fingerprint density at radius 1 is 1.24 bits per heavy atom. The van der Waals surface area contributed by atoms with Crippen LogP contribution in [0.4, 0.5) is 5.95 Å². The first-order valence-electron chi connectivity index (χ1n) is 6.66. The van der Waals surface area contributed by atoms with E-state index in [-0.39, 0.29) is 0 Å². The van der Waals surface area contributed by atoms with Crippen molar-refractivity contribution < 1.29 is 0 Å².